The van der Waals surface area contributed by atoms with Crippen LogP contribution in [0.4, 0.5) is 0 Å². The lowest BCUT2D eigenvalue weighted by Gasteiger charge is -2.35. The Kier molecular flexibility index (Phi) is 4.96. The van der Waals surface area contributed by atoms with Gasteiger partial charge in [-0.05, 0) is 32.0 Å². The van der Waals surface area contributed by atoms with Gasteiger partial charge in [0.2, 0.25) is 0 Å². The van der Waals surface area contributed by atoms with Crippen molar-refractivity contribution < 1.29 is 17.6 Å². The SMILES string of the molecule is C[C@@H]1CN(C(=O)c2occc2CS(=O)(=O)c2ccccc2)C[C@H](C)N1. The molecule has 1 amide bonds. The van der Waals surface area contributed by atoms with Gasteiger partial charge in [-0.2, -0.15) is 0 Å². The summed E-state index contributed by atoms with van der Waals surface area (Å²) < 4.78 is 30.5. The molecule has 1 fully saturated rings. The molecule has 1 aliphatic rings. The van der Waals surface area contributed by atoms with Gasteiger partial charge >= 0.3 is 0 Å². The Bertz CT molecular complexity index is 835. The second-order valence-corrected chi connectivity index (χ2v) is 8.52. The number of amides is 1. The van der Waals surface area contributed by atoms with E-state index in [0.717, 1.165) is 0 Å². The van der Waals surface area contributed by atoms with Crippen LogP contribution in [0, 0.1) is 0 Å². The van der Waals surface area contributed by atoms with Crippen LogP contribution in [0.3, 0.4) is 0 Å². The number of nitrogens with zero attached hydrogens (tertiary/aromatic N) is 1. The molecular formula is C18H22N2O4S. The van der Waals surface area contributed by atoms with E-state index in [1.807, 2.05) is 13.8 Å². The molecule has 0 bridgehead atoms. The molecule has 0 spiro atoms. The monoisotopic (exact) mass is 362 g/mol. The Morgan fingerprint density at radius 3 is 2.44 bits per heavy atom. The zero-order valence-electron chi connectivity index (χ0n) is 14.3. The van der Waals surface area contributed by atoms with Crippen molar-refractivity contribution in [1.82, 2.24) is 10.2 Å². The van der Waals surface area contributed by atoms with Crippen LogP contribution < -0.4 is 5.32 Å². The van der Waals surface area contributed by atoms with E-state index in [1.165, 1.54) is 6.26 Å². The fourth-order valence-corrected chi connectivity index (χ4v) is 4.56. The number of benzene rings is 1. The highest BCUT2D eigenvalue weighted by atomic mass is 32.2. The molecule has 0 aliphatic carbocycles. The summed E-state index contributed by atoms with van der Waals surface area (Å²) in [7, 11) is -3.53. The first-order valence-corrected chi connectivity index (χ1v) is 9.91. The summed E-state index contributed by atoms with van der Waals surface area (Å²) in [4.78, 5) is 14.8. The smallest absolute Gasteiger partial charge is 0.289 e. The maximum Gasteiger partial charge on any atom is 0.289 e. The maximum atomic E-state index is 12.8. The number of carbonyl (C=O) groups is 1. The van der Waals surface area contributed by atoms with Gasteiger partial charge < -0.3 is 14.6 Å². The molecule has 3 rings (SSSR count). The van der Waals surface area contributed by atoms with Gasteiger partial charge in [-0.25, -0.2) is 8.42 Å². The standard InChI is InChI=1S/C18H22N2O4S/c1-13-10-20(11-14(2)19-13)18(21)17-15(8-9-24-17)12-25(22,23)16-6-4-3-5-7-16/h3-9,13-14,19H,10-12H2,1-2H3/t13-,14+. The molecule has 134 valence electrons. The zero-order chi connectivity index (χ0) is 18.0. The first-order valence-electron chi connectivity index (χ1n) is 8.26. The van der Waals surface area contributed by atoms with Crippen LogP contribution >= 0.6 is 0 Å². The Morgan fingerprint density at radius 2 is 1.80 bits per heavy atom. The van der Waals surface area contributed by atoms with Crippen molar-refractivity contribution >= 4 is 15.7 Å². The highest BCUT2D eigenvalue weighted by Gasteiger charge is 2.30. The van der Waals surface area contributed by atoms with Gasteiger partial charge in [0, 0.05) is 30.7 Å². The largest absolute Gasteiger partial charge is 0.459 e. The van der Waals surface area contributed by atoms with E-state index < -0.39 is 9.84 Å². The van der Waals surface area contributed by atoms with Crippen LogP contribution in [0.25, 0.3) is 0 Å². The number of hydrogen-bond donors (Lipinski definition) is 1. The Balaban J connectivity index is 1.82. The van der Waals surface area contributed by atoms with Crippen molar-refractivity contribution in [1.29, 1.82) is 0 Å². The van der Waals surface area contributed by atoms with E-state index in [1.54, 1.807) is 41.3 Å². The third-order valence-corrected chi connectivity index (χ3v) is 5.92. The van der Waals surface area contributed by atoms with Gasteiger partial charge in [-0.3, -0.25) is 4.79 Å². The Hall–Kier alpha value is -2.12. The lowest BCUT2D eigenvalue weighted by Crippen LogP contribution is -2.55. The maximum absolute atomic E-state index is 12.8. The quantitative estimate of drug-likeness (QED) is 0.901. The van der Waals surface area contributed by atoms with Gasteiger partial charge in [-0.1, -0.05) is 18.2 Å². The summed E-state index contributed by atoms with van der Waals surface area (Å²) in [6.07, 6.45) is 1.37. The number of rotatable bonds is 4. The second-order valence-electron chi connectivity index (χ2n) is 6.53. The number of sulfone groups is 1. The molecule has 7 heteroatoms. The summed E-state index contributed by atoms with van der Waals surface area (Å²) in [5, 5.41) is 3.36. The predicted octanol–water partition coefficient (Wildman–Crippen LogP) is 2.08. The highest BCUT2D eigenvalue weighted by Crippen LogP contribution is 2.22. The van der Waals surface area contributed by atoms with Gasteiger partial charge in [0.25, 0.3) is 5.91 Å². The molecule has 0 saturated carbocycles. The first kappa shape index (κ1) is 17.7. The van der Waals surface area contributed by atoms with Crippen molar-refractivity contribution in [3.8, 4) is 0 Å². The number of piperazine rings is 1. The van der Waals surface area contributed by atoms with E-state index in [9.17, 15) is 13.2 Å². The number of nitrogens with one attached hydrogen (secondary N) is 1. The van der Waals surface area contributed by atoms with Crippen molar-refractivity contribution in [3.63, 3.8) is 0 Å². The molecule has 1 saturated heterocycles. The Labute approximate surface area is 147 Å². The molecule has 1 aliphatic heterocycles. The van der Waals surface area contributed by atoms with Gasteiger partial charge in [0.05, 0.1) is 16.9 Å². The number of hydrogen-bond acceptors (Lipinski definition) is 5. The van der Waals surface area contributed by atoms with E-state index in [0.29, 0.717) is 18.7 Å². The first-order chi connectivity index (χ1) is 11.9. The highest BCUT2D eigenvalue weighted by molar-refractivity contribution is 7.90. The van der Waals surface area contributed by atoms with Crippen molar-refractivity contribution in [2.45, 2.75) is 36.6 Å². The van der Waals surface area contributed by atoms with Crippen molar-refractivity contribution in [3.05, 3.63) is 54.0 Å². The van der Waals surface area contributed by atoms with Gasteiger partial charge in [0.15, 0.2) is 15.6 Å². The third-order valence-electron chi connectivity index (χ3n) is 4.23. The lowest BCUT2D eigenvalue weighted by molar-refractivity contribution is 0.0640. The molecule has 2 aromatic rings. The number of furan rings is 1. The summed E-state index contributed by atoms with van der Waals surface area (Å²) in [5.74, 6) is -0.407. The molecule has 0 unspecified atom stereocenters. The summed E-state index contributed by atoms with van der Waals surface area (Å²) in [6.45, 7) is 5.15. The molecule has 0 radical (unpaired) electrons. The average molecular weight is 362 g/mol. The van der Waals surface area contributed by atoms with Crippen LogP contribution in [0.2, 0.25) is 0 Å². The van der Waals surface area contributed by atoms with Gasteiger partial charge in [0.1, 0.15) is 0 Å². The predicted molar refractivity (Wildman–Crippen MR) is 94.0 cm³/mol. The Morgan fingerprint density at radius 1 is 1.16 bits per heavy atom. The molecule has 2 heterocycles. The summed E-state index contributed by atoms with van der Waals surface area (Å²) in [5.41, 5.74) is 0.396. The fraction of sp³-hybridized carbons (Fsp3) is 0.389. The van der Waals surface area contributed by atoms with Crippen molar-refractivity contribution in [2.24, 2.45) is 0 Å². The minimum atomic E-state index is -3.53. The van der Waals surface area contributed by atoms with E-state index in [-0.39, 0.29) is 34.4 Å². The van der Waals surface area contributed by atoms with Crippen LogP contribution in [0.1, 0.15) is 30.0 Å². The molecule has 6 nitrogen and oxygen atoms in total. The average Bonchev–Trinajstić information content (AvgIpc) is 3.01. The molecule has 25 heavy (non-hydrogen) atoms. The van der Waals surface area contributed by atoms with Crippen LogP contribution in [-0.4, -0.2) is 44.4 Å². The minimum absolute atomic E-state index is 0.112. The van der Waals surface area contributed by atoms with E-state index in [2.05, 4.69) is 5.32 Å². The lowest BCUT2D eigenvalue weighted by atomic mass is 10.1. The second kappa shape index (κ2) is 7.01. The van der Waals surface area contributed by atoms with Crippen LogP contribution in [-0.2, 0) is 15.6 Å². The third kappa shape index (κ3) is 3.93. The van der Waals surface area contributed by atoms with Crippen LogP contribution in [0.5, 0.6) is 0 Å². The van der Waals surface area contributed by atoms with Gasteiger partial charge in [-0.15, -0.1) is 0 Å². The molecule has 1 aromatic heterocycles. The topological polar surface area (TPSA) is 79.6 Å². The minimum Gasteiger partial charge on any atom is -0.459 e. The molecule has 1 aromatic carbocycles. The fourth-order valence-electron chi connectivity index (χ4n) is 3.19. The van der Waals surface area contributed by atoms with Crippen LogP contribution in [0.15, 0.2) is 52.0 Å². The summed E-state index contributed by atoms with van der Waals surface area (Å²) in [6, 6.07) is 10.1. The van der Waals surface area contributed by atoms with Crippen molar-refractivity contribution in [2.75, 3.05) is 13.1 Å². The molecule has 2 atom stereocenters. The number of carbonyl (C=O) groups excluding carboxylic acids is 1. The molecular weight excluding hydrogens is 340 g/mol. The van der Waals surface area contributed by atoms with E-state index >= 15 is 0 Å². The summed E-state index contributed by atoms with van der Waals surface area (Å²) >= 11 is 0. The normalized spacial score (nSPS) is 21.3. The zero-order valence-corrected chi connectivity index (χ0v) is 15.1. The molecule has 1 N–H and O–H groups in total. The van der Waals surface area contributed by atoms with E-state index in [4.69, 9.17) is 4.42 Å².